The van der Waals surface area contributed by atoms with E-state index in [0.717, 1.165) is 71.5 Å². The molecule has 2 aliphatic rings. The molecule has 162 valence electrons. The minimum Gasteiger partial charge on any atom is -0.382 e. The van der Waals surface area contributed by atoms with Crippen molar-refractivity contribution >= 4 is 5.96 Å². The third-order valence-corrected chi connectivity index (χ3v) is 5.64. The summed E-state index contributed by atoms with van der Waals surface area (Å²) in [5.41, 5.74) is 2.71. The number of methoxy groups -OCH3 is 1. The van der Waals surface area contributed by atoms with Crippen LogP contribution in [0.4, 0.5) is 0 Å². The second-order valence-electron chi connectivity index (χ2n) is 7.73. The number of benzene rings is 1. The Labute approximate surface area is 175 Å². The Morgan fingerprint density at radius 2 is 1.97 bits per heavy atom. The van der Waals surface area contributed by atoms with E-state index < -0.39 is 0 Å². The Morgan fingerprint density at radius 3 is 2.72 bits per heavy atom. The molecular formula is C22H36N4O3. The summed E-state index contributed by atoms with van der Waals surface area (Å²) >= 11 is 0. The molecule has 1 atom stereocenters. The number of nitrogens with one attached hydrogen (secondary N) is 1. The summed E-state index contributed by atoms with van der Waals surface area (Å²) in [6, 6.07) is 8.69. The van der Waals surface area contributed by atoms with Crippen molar-refractivity contribution in [3.8, 4) is 0 Å². The van der Waals surface area contributed by atoms with E-state index in [9.17, 15) is 0 Å². The maximum Gasteiger partial charge on any atom is 0.193 e. The molecule has 0 bridgehead atoms. The molecule has 29 heavy (non-hydrogen) atoms. The minimum atomic E-state index is 0.555. The van der Waals surface area contributed by atoms with E-state index in [4.69, 9.17) is 14.2 Å². The summed E-state index contributed by atoms with van der Waals surface area (Å²) in [6.07, 6.45) is 1.14. The molecule has 7 heteroatoms. The second kappa shape index (κ2) is 12.1. The highest BCUT2D eigenvalue weighted by Crippen LogP contribution is 2.17. The lowest BCUT2D eigenvalue weighted by Gasteiger charge is -2.28. The molecule has 0 aromatic heterocycles. The van der Waals surface area contributed by atoms with Gasteiger partial charge in [-0.1, -0.05) is 24.3 Å². The molecule has 0 saturated carbocycles. The molecule has 1 unspecified atom stereocenters. The van der Waals surface area contributed by atoms with Crippen molar-refractivity contribution in [2.45, 2.75) is 19.5 Å². The molecule has 7 nitrogen and oxygen atoms in total. The zero-order valence-corrected chi connectivity index (χ0v) is 17.9. The van der Waals surface area contributed by atoms with Gasteiger partial charge >= 0.3 is 0 Å². The van der Waals surface area contributed by atoms with Gasteiger partial charge in [0.05, 0.1) is 33.0 Å². The first-order chi connectivity index (χ1) is 14.3. The molecule has 1 N–H and O–H groups in total. The highest BCUT2D eigenvalue weighted by Gasteiger charge is 2.25. The maximum absolute atomic E-state index is 5.71. The lowest BCUT2D eigenvalue weighted by molar-refractivity contribution is 0.0341. The van der Waals surface area contributed by atoms with Crippen LogP contribution in [0.5, 0.6) is 0 Å². The number of rotatable bonds is 9. The van der Waals surface area contributed by atoms with Crippen LogP contribution in [-0.2, 0) is 27.3 Å². The molecule has 0 aliphatic carbocycles. The van der Waals surface area contributed by atoms with Crippen LogP contribution in [0.2, 0.25) is 0 Å². The van der Waals surface area contributed by atoms with Crippen molar-refractivity contribution in [1.29, 1.82) is 0 Å². The molecule has 1 aromatic rings. The summed E-state index contributed by atoms with van der Waals surface area (Å²) in [5, 5.41) is 3.57. The van der Waals surface area contributed by atoms with Crippen LogP contribution in [0.15, 0.2) is 29.3 Å². The summed E-state index contributed by atoms with van der Waals surface area (Å²) in [6.45, 7) is 9.56. The molecule has 2 fully saturated rings. The fourth-order valence-corrected chi connectivity index (χ4v) is 3.94. The Hall–Kier alpha value is -1.67. The molecule has 3 rings (SSSR count). The van der Waals surface area contributed by atoms with Gasteiger partial charge in [-0.3, -0.25) is 9.89 Å². The van der Waals surface area contributed by atoms with Crippen LogP contribution in [0.1, 0.15) is 17.5 Å². The van der Waals surface area contributed by atoms with Crippen molar-refractivity contribution in [3.05, 3.63) is 35.4 Å². The van der Waals surface area contributed by atoms with Gasteiger partial charge in [-0.05, 0) is 17.5 Å². The van der Waals surface area contributed by atoms with Gasteiger partial charge < -0.3 is 24.4 Å². The molecular weight excluding hydrogens is 368 g/mol. The first kappa shape index (κ1) is 22.0. The summed E-state index contributed by atoms with van der Waals surface area (Å²) in [7, 11) is 3.57. The number of nitrogens with zero attached hydrogens (tertiary/aromatic N) is 3. The number of morpholine rings is 1. The summed E-state index contributed by atoms with van der Waals surface area (Å²) < 4.78 is 16.2. The quantitative estimate of drug-likeness (QED) is 0.383. The third-order valence-electron chi connectivity index (χ3n) is 5.64. The Morgan fingerprint density at radius 1 is 1.17 bits per heavy atom. The molecule has 2 heterocycles. The van der Waals surface area contributed by atoms with Crippen LogP contribution in [0, 0.1) is 5.92 Å². The average molecular weight is 405 g/mol. The number of hydrogen-bond acceptors (Lipinski definition) is 5. The Bertz CT molecular complexity index is 634. The van der Waals surface area contributed by atoms with Gasteiger partial charge in [0.25, 0.3) is 0 Å². The molecule has 2 aliphatic heterocycles. The number of guanidine groups is 1. The van der Waals surface area contributed by atoms with E-state index in [2.05, 4.69) is 44.4 Å². The van der Waals surface area contributed by atoms with Gasteiger partial charge in [0.1, 0.15) is 0 Å². The van der Waals surface area contributed by atoms with Gasteiger partial charge in [0.15, 0.2) is 5.96 Å². The summed E-state index contributed by atoms with van der Waals surface area (Å²) in [5.74, 6) is 1.53. The highest BCUT2D eigenvalue weighted by molar-refractivity contribution is 5.80. The van der Waals surface area contributed by atoms with Gasteiger partial charge in [0.2, 0.25) is 0 Å². The Balaban J connectivity index is 1.48. The van der Waals surface area contributed by atoms with Gasteiger partial charge in [-0.15, -0.1) is 0 Å². The van der Waals surface area contributed by atoms with E-state index in [1.54, 1.807) is 7.11 Å². The molecule has 0 radical (unpaired) electrons. The van der Waals surface area contributed by atoms with Gasteiger partial charge in [0, 0.05) is 59.3 Å². The third kappa shape index (κ3) is 6.96. The summed E-state index contributed by atoms with van der Waals surface area (Å²) in [4.78, 5) is 9.32. The standard InChI is InChI=1S/C22H36N4O3/c1-23-22(26-8-7-19(16-26)18-29-14-13-27-2)24-15-20-5-3-4-6-21(20)17-25-9-11-28-12-10-25/h3-6,19H,7-18H2,1-2H3,(H,23,24). The SMILES string of the molecule is CN=C(NCc1ccccc1CN1CCOCC1)N1CCC(COCCOC)C1. The topological polar surface area (TPSA) is 58.6 Å². The first-order valence-electron chi connectivity index (χ1n) is 10.7. The van der Waals surface area contributed by atoms with Crippen molar-refractivity contribution in [2.75, 3.05) is 73.4 Å². The van der Waals surface area contributed by atoms with E-state index in [0.29, 0.717) is 19.1 Å². The molecule has 2 saturated heterocycles. The molecule has 0 amide bonds. The lowest BCUT2D eigenvalue weighted by Crippen LogP contribution is -2.40. The minimum absolute atomic E-state index is 0.555. The second-order valence-corrected chi connectivity index (χ2v) is 7.73. The van der Waals surface area contributed by atoms with Crippen LogP contribution in [0.3, 0.4) is 0 Å². The smallest absolute Gasteiger partial charge is 0.193 e. The zero-order valence-electron chi connectivity index (χ0n) is 17.9. The van der Waals surface area contributed by atoms with Crippen molar-refractivity contribution in [1.82, 2.24) is 15.1 Å². The predicted octanol–water partition coefficient (Wildman–Crippen LogP) is 1.58. The van der Waals surface area contributed by atoms with Gasteiger partial charge in [-0.25, -0.2) is 0 Å². The van der Waals surface area contributed by atoms with E-state index in [-0.39, 0.29) is 0 Å². The van der Waals surface area contributed by atoms with E-state index in [1.165, 1.54) is 11.1 Å². The average Bonchev–Trinajstić information content (AvgIpc) is 3.22. The van der Waals surface area contributed by atoms with Crippen LogP contribution < -0.4 is 5.32 Å². The fourth-order valence-electron chi connectivity index (χ4n) is 3.94. The Kier molecular flexibility index (Phi) is 9.21. The van der Waals surface area contributed by atoms with Crippen LogP contribution in [0.25, 0.3) is 0 Å². The molecule has 0 spiro atoms. The first-order valence-corrected chi connectivity index (χ1v) is 10.7. The molecule has 1 aromatic carbocycles. The number of likely N-dealkylation sites (tertiary alicyclic amines) is 1. The fraction of sp³-hybridized carbons (Fsp3) is 0.682. The normalized spacial score (nSPS) is 21.0. The number of ether oxygens (including phenoxy) is 3. The van der Waals surface area contributed by atoms with E-state index in [1.807, 2.05) is 7.05 Å². The number of hydrogen-bond donors (Lipinski definition) is 1. The largest absolute Gasteiger partial charge is 0.382 e. The van der Waals surface area contributed by atoms with E-state index >= 15 is 0 Å². The predicted molar refractivity (Wildman–Crippen MR) is 115 cm³/mol. The zero-order chi connectivity index (χ0) is 20.3. The lowest BCUT2D eigenvalue weighted by atomic mass is 10.1. The van der Waals surface area contributed by atoms with Crippen molar-refractivity contribution in [2.24, 2.45) is 10.9 Å². The maximum atomic E-state index is 5.71. The van der Waals surface area contributed by atoms with Crippen LogP contribution >= 0.6 is 0 Å². The monoisotopic (exact) mass is 404 g/mol. The highest BCUT2D eigenvalue weighted by atomic mass is 16.5. The van der Waals surface area contributed by atoms with Crippen molar-refractivity contribution in [3.63, 3.8) is 0 Å². The van der Waals surface area contributed by atoms with Gasteiger partial charge in [-0.2, -0.15) is 0 Å². The van der Waals surface area contributed by atoms with Crippen molar-refractivity contribution < 1.29 is 14.2 Å². The van der Waals surface area contributed by atoms with Crippen LogP contribution in [-0.4, -0.2) is 89.1 Å². The number of aliphatic imine (C=N–C) groups is 1.